The van der Waals surface area contributed by atoms with E-state index < -0.39 is 0 Å². The topological polar surface area (TPSA) is 48.9 Å². The van der Waals surface area contributed by atoms with E-state index in [0.717, 1.165) is 51.7 Å². The minimum Gasteiger partial charge on any atom is -0.385 e. The molecule has 2 rings (SSSR count). The van der Waals surface area contributed by atoms with Crippen LogP contribution in [0.25, 0.3) is 0 Å². The number of likely N-dealkylation sites (tertiary alicyclic amines) is 1. The van der Waals surface area contributed by atoms with Gasteiger partial charge in [-0.1, -0.05) is 36.8 Å². The van der Waals surface area contributed by atoms with Crippen molar-refractivity contribution in [3.8, 4) is 0 Å². The maximum Gasteiger partial charge on any atom is 0.191 e. The molecule has 2 N–H and O–H groups in total. The number of rotatable bonds is 9. The number of aliphatic imine (C=N–C) groups is 1. The fourth-order valence-electron chi connectivity index (χ4n) is 3.48. The normalized spacial score (nSPS) is 17.7. The molecule has 1 aromatic carbocycles. The predicted molar refractivity (Wildman–Crippen MR) is 115 cm³/mol. The van der Waals surface area contributed by atoms with Crippen molar-refractivity contribution in [3.05, 3.63) is 35.4 Å². The highest BCUT2D eigenvalue weighted by Gasteiger charge is 2.19. The molecule has 152 valence electrons. The average molecular weight is 375 g/mol. The van der Waals surface area contributed by atoms with Gasteiger partial charge >= 0.3 is 0 Å². The zero-order chi connectivity index (χ0) is 19.5. The summed E-state index contributed by atoms with van der Waals surface area (Å²) < 4.78 is 5.15. The Morgan fingerprint density at radius 2 is 1.96 bits per heavy atom. The highest BCUT2D eigenvalue weighted by atomic mass is 16.5. The maximum absolute atomic E-state index is 5.15. The van der Waals surface area contributed by atoms with Crippen LogP contribution in [0.2, 0.25) is 0 Å². The Morgan fingerprint density at radius 3 is 2.59 bits per heavy atom. The number of hydrogen-bond donors (Lipinski definition) is 2. The lowest BCUT2D eigenvalue weighted by Gasteiger charge is -2.33. The van der Waals surface area contributed by atoms with Crippen LogP contribution in [-0.4, -0.2) is 63.3 Å². The van der Waals surface area contributed by atoms with Crippen LogP contribution in [0.4, 0.5) is 0 Å². The zero-order valence-corrected chi connectivity index (χ0v) is 17.6. The standard InChI is InChI=1S/C22H38N4O/c1-5-23-22(24-17-19(3)20-9-7-18(2)8-10-20)25-21-11-14-26(15-12-21)13-6-16-27-4/h7-10,19,21H,5-6,11-17H2,1-4H3,(H2,23,24,25). The summed E-state index contributed by atoms with van der Waals surface area (Å²) >= 11 is 0. The van der Waals surface area contributed by atoms with Crippen molar-refractivity contribution in [2.24, 2.45) is 4.99 Å². The number of nitrogens with zero attached hydrogens (tertiary/aromatic N) is 2. The van der Waals surface area contributed by atoms with Gasteiger partial charge in [0.15, 0.2) is 5.96 Å². The van der Waals surface area contributed by atoms with Gasteiger partial charge in [0.2, 0.25) is 0 Å². The Balaban J connectivity index is 1.80. The third kappa shape index (κ3) is 7.89. The number of piperidine rings is 1. The molecule has 0 spiro atoms. The first-order chi connectivity index (χ1) is 13.1. The van der Waals surface area contributed by atoms with Crippen LogP contribution in [0.5, 0.6) is 0 Å². The zero-order valence-electron chi connectivity index (χ0n) is 17.6. The summed E-state index contributed by atoms with van der Waals surface area (Å²) in [5.74, 6) is 1.37. The fraction of sp³-hybridized carbons (Fsp3) is 0.682. The van der Waals surface area contributed by atoms with Crippen molar-refractivity contribution in [1.29, 1.82) is 0 Å². The molecule has 27 heavy (non-hydrogen) atoms. The SMILES string of the molecule is CCNC(=NCC(C)c1ccc(C)cc1)NC1CCN(CCCOC)CC1. The summed E-state index contributed by atoms with van der Waals surface area (Å²) in [6, 6.07) is 9.31. The molecule has 0 bridgehead atoms. The molecule has 1 aliphatic heterocycles. The van der Waals surface area contributed by atoms with Gasteiger partial charge in [0.25, 0.3) is 0 Å². The molecule has 0 saturated carbocycles. The van der Waals surface area contributed by atoms with E-state index in [2.05, 4.69) is 60.6 Å². The summed E-state index contributed by atoms with van der Waals surface area (Å²) in [5, 5.41) is 7.06. The first-order valence-electron chi connectivity index (χ1n) is 10.4. The lowest BCUT2D eigenvalue weighted by atomic mass is 10.0. The van der Waals surface area contributed by atoms with E-state index in [0.29, 0.717) is 12.0 Å². The molecular weight excluding hydrogens is 336 g/mol. The van der Waals surface area contributed by atoms with Crippen LogP contribution in [0, 0.1) is 6.92 Å². The number of nitrogens with one attached hydrogen (secondary N) is 2. The Kier molecular flexibility index (Phi) is 9.64. The fourth-order valence-corrected chi connectivity index (χ4v) is 3.48. The molecule has 5 heteroatoms. The number of ether oxygens (including phenoxy) is 1. The maximum atomic E-state index is 5.15. The summed E-state index contributed by atoms with van der Waals surface area (Å²) in [4.78, 5) is 7.39. The monoisotopic (exact) mass is 374 g/mol. The molecule has 1 heterocycles. The minimum absolute atomic E-state index is 0.420. The van der Waals surface area contributed by atoms with Crippen LogP contribution in [0.1, 0.15) is 50.2 Å². The van der Waals surface area contributed by atoms with Crippen molar-refractivity contribution in [2.75, 3.05) is 46.4 Å². The van der Waals surface area contributed by atoms with Gasteiger partial charge in [-0.15, -0.1) is 0 Å². The van der Waals surface area contributed by atoms with Gasteiger partial charge in [0.1, 0.15) is 0 Å². The van der Waals surface area contributed by atoms with Crippen molar-refractivity contribution in [2.45, 2.75) is 52.0 Å². The first kappa shape index (κ1) is 21.7. The number of aryl methyl sites for hydroxylation is 1. The van der Waals surface area contributed by atoms with E-state index in [4.69, 9.17) is 9.73 Å². The molecule has 0 radical (unpaired) electrons. The number of benzene rings is 1. The van der Waals surface area contributed by atoms with Crippen LogP contribution >= 0.6 is 0 Å². The molecule has 1 unspecified atom stereocenters. The van der Waals surface area contributed by atoms with E-state index in [1.165, 1.54) is 24.0 Å². The highest BCUT2D eigenvalue weighted by molar-refractivity contribution is 5.80. The van der Waals surface area contributed by atoms with Crippen LogP contribution in [0.3, 0.4) is 0 Å². The van der Waals surface area contributed by atoms with Gasteiger partial charge in [0, 0.05) is 58.4 Å². The molecule has 1 atom stereocenters. The quantitative estimate of drug-likeness (QED) is 0.396. The van der Waals surface area contributed by atoms with E-state index in [1.54, 1.807) is 7.11 Å². The van der Waals surface area contributed by atoms with Crippen molar-refractivity contribution in [1.82, 2.24) is 15.5 Å². The van der Waals surface area contributed by atoms with Gasteiger partial charge < -0.3 is 20.3 Å². The molecule has 0 amide bonds. The largest absolute Gasteiger partial charge is 0.385 e. The lowest BCUT2D eigenvalue weighted by Crippen LogP contribution is -2.49. The molecule has 1 aliphatic rings. The first-order valence-corrected chi connectivity index (χ1v) is 10.4. The number of guanidine groups is 1. The van der Waals surface area contributed by atoms with Gasteiger partial charge in [-0.05, 0) is 38.7 Å². The smallest absolute Gasteiger partial charge is 0.191 e. The molecule has 0 aromatic heterocycles. The number of methoxy groups -OCH3 is 1. The summed E-state index contributed by atoms with van der Waals surface area (Å²) in [6.45, 7) is 12.5. The average Bonchev–Trinajstić information content (AvgIpc) is 2.68. The van der Waals surface area contributed by atoms with Crippen LogP contribution in [0.15, 0.2) is 29.3 Å². The second kappa shape index (κ2) is 12.0. The van der Waals surface area contributed by atoms with E-state index >= 15 is 0 Å². The summed E-state index contributed by atoms with van der Waals surface area (Å²) in [7, 11) is 1.78. The minimum atomic E-state index is 0.420. The van der Waals surface area contributed by atoms with E-state index in [1.807, 2.05) is 0 Å². The Labute approximate surface area is 165 Å². The molecule has 1 aromatic rings. The third-order valence-electron chi connectivity index (χ3n) is 5.27. The predicted octanol–water partition coefficient (Wildman–Crippen LogP) is 3.15. The molecule has 0 aliphatic carbocycles. The van der Waals surface area contributed by atoms with Crippen molar-refractivity contribution in [3.63, 3.8) is 0 Å². The van der Waals surface area contributed by atoms with E-state index in [9.17, 15) is 0 Å². The molecule has 5 nitrogen and oxygen atoms in total. The Morgan fingerprint density at radius 1 is 1.26 bits per heavy atom. The third-order valence-corrected chi connectivity index (χ3v) is 5.27. The molecule has 1 fully saturated rings. The van der Waals surface area contributed by atoms with Gasteiger partial charge in [0.05, 0.1) is 0 Å². The van der Waals surface area contributed by atoms with Crippen LogP contribution in [-0.2, 0) is 4.74 Å². The highest BCUT2D eigenvalue weighted by Crippen LogP contribution is 2.16. The van der Waals surface area contributed by atoms with Crippen LogP contribution < -0.4 is 10.6 Å². The second-order valence-corrected chi connectivity index (χ2v) is 7.64. The van der Waals surface area contributed by atoms with Gasteiger partial charge in [-0.3, -0.25) is 4.99 Å². The number of hydrogen-bond acceptors (Lipinski definition) is 3. The summed E-state index contributed by atoms with van der Waals surface area (Å²) in [6.07, 6.45) is 3.46. The lowest BCUT2D eigenvalue weighted by molar-refractivity contribution is 0.155. The second-order valence-electron chi connectivity index (χ2n) is 7.64. The van der Waals surface area contributed by atoms with Crippen molar-refractivity contribution < 1.29 is 4.74 Å². The van der Waals surface area contributed by atoms with Crippen molar-refractivity contribution >= 4 is 5.96 Å². The van der Waals surface area contributed by atoms with E-state index in [-0.39, 0.29) is 0 Å². The van der Waals surface area contributed by atoms with Gasteiger partial charge in [-0.25, -0.2) is 0 Å². The summed E-state index contributed by atoms with van der Waals surface area (Å²) in [5.41, 5.74) is 2.66. The Bertz CT molecular complexity index is 550. The molecular formula is C22H38N4O. The Hall–Kier alpha value is -1.59. The molecule has 1 saturated heterocycles. The van der Waals surface area contributed by atoms with Gasteiger partial charge in [-0.2, -0.15) is 0 Å².